The molecule has 1 atom stereocenters. The number of amides is 1. The smallest absolute Gasteiger partial charge is 0.233 e. The first-order chi connectivity index (χ1) is 15.5. The first-order valence-electron chi connectivity index (χ1n) is 10.2. The predicted octanol–water partition coefficient (Wildman–Crippen LogP) is 3.69. The lowest BCUT2D eigenvalue weighted by Gasteiger charge is -2.28. The van der Waals surface area contributed by atoms with Gasteiger partial charge in [-0.25, -0.2) is 4.39 Å². The van der Waals surface area contributed by atoms with Gasteiger partial charge < -0.3 is 15.0 Å². The molecule has 0 radical (unpaired) electrons. The molecule has 0 bridgehead atoms. The molecule has 0 aliphatic carbocycles. The Bertz CT molecular complexity index is 1070. The van der Waals surface area contributed by atoms with E-state index >= 15 is 0 Å². The second kappa shape index (κ2) is 10.3. The summed E-state index contributed by atoms with van der Waals surface area (Å²) in [5.41, 5.74) is 1.56. The van der Waals surface area contributed by atoms with E-state index < -0.39 is 5.25 Å². The zero-order valence-corrected chi connectivity index (χ0v) is 19.1. The number of nitrogens with one attached hydrogen (secondary N) is 1. The third-order valence-electron chi connectivity index (χ3n) is 5.01. The van der Waals surface area contributed by atoms with Crippen molar-refractivity contribution in [2.45, 2.75) is 23.9 Å². The fraction of sp³-hybridized carbons (Fsp3) is 0.318. The van der Waals surface area contributed by atoms with Gasteiger partial charge in [0.1, 0.15) is 5.82 Å². The van der Waals surface area contributed by atoms with E-state index in [9.17, 15) is 9.18 Å². The molecule has 1 unspecified atom stereocenters. The number of aromatic nitrogens is 3. The van der Waals surface area contributed by atoms with E-state index in [4.69, 9.17) is 16.3 Å². The predicted molar refractivity (Wildman–Crippen MR) is 123 cm³/mol. The number of thioether (sulfide) groups is 1. The summed E-state index contributed by atoms with van der Waals surface area (Å²) in [6.07, 6.45) is 0. The number of anilines is 1. The van der Waals surface area contributed by atoms with Gasteiger partial charge in [-0.05, 0) is 42.8 Å². The Balaban J connectivity index is 1.52. The summed E-state index contributed by atoms with van der Waals surface area (Å²) in [7, 11) is 0. The van der Waals surface area contributed by atoms with Crippen LogP contribution in [0.2, 0.25) is 5.02 Å². The average Bonchev–Trinajstić information content (AvgIpc) is 3.22. The van der Waals surface area contributed by atoms with Gasteiger partial charge in [0.25, 0.3) is 0 Å². The molecule has 1 N–H and O–H groups in total. The summed E-state index contributed by atoms with van der Waals surface area (Å²) in [6.45, 7) is 4.70. The van der Waals surface area contributed by atoms with Crippen LogP contribution in [-0.4, -0.2) is 52.2 Å². The van der Waals surface area contributed by atoms with Gasteiger partial charge in [0.05, 0.1) is 24.2 Å². The summed E-state index contributed by atoms with van der Waals surface area (Å²) in [4.78, 5) is 14.7. The zero-order valence-electron chi connectivity index (χ0n) is 17.5. The van der Waals surface area contributed by atoms with Crippen LogP contribution in [0.4, 0.5) is 10.3 Å². The third-order valence-corrected chi connectivity index (χ3v) is 6.30. The van der Waals surface area contributed by atoms with Gasteiger partial charge in [0.15, 0.2) is 5.16 Å². The van der Waals surface area contributed by atoms with Gasteiger partial charge in [-0.15, -0.1) is 10.2 Å². The zero-order chi connectivity index (χ0) is 22.5. The van der Waals surface area contributed by atoms with Crippen LogP contribution in [-0.2, 0) is 16.1 Å². The molecular weight excluding hydrogens is 453 g/mol. The summed E-state index contributed by atoms with van der Waals surface area (Å²) in [5.74, 6) is 0.121. The maximum atomic E-state index is 14.0. The van der Waals surface area contributed by atoms with Crippen molar-refractivity contribution in [3.63, 3.8) is 0 Å². The minimum atomic E-state index is -0.434. The first kappa shape index (κ1) is 22.6. The van der Waals surface area contributed by atoms with E-state index in [1.54, 1.807) is 35.8 Å². The Kier molecular flexibility index (Phi) is 7.29. The number of carbonyl (C=O) groups excluding carboxylic acids is 1. The van der Waals surface area contributed by atoms with Crippen molar-refractivity contribution in [1.82, 2.24) is 20.1 Å². The average molecular weight is 476 g/mol. The first-order valence-corrected chi connectivity index (χ1v) is 11.5. The molecule has 10 heteroatoms. The molecule has 2 heterocycles. The molecule has 1 amide bonds. The summed E-state index contributed by atoms with van der Waals surface area (Å²) >= 11 is 7.19. The Morgan fingerprint density at radius 2 is 1.97 bits per heavy atom. The maximum Gasteiger partial charge on any atom is 0.233 e. The highest BCUT2D eigenvalue weighted by Crippen LogP contribution is 2.30. The van der Waals surface area contributed by atoms with Gasteiger partial charge in [-0.1, -0.05) is 41.6 Å². The standard InChI is InChI=1S/C22H23ClFN5O2S/c1-15(20(30)25-14-16-5-7-17(23)8-6-16)32-22-27-26-21(28-9-11-31-12-10-28)29(22)19-4-2-3-18(24)13-19/h2-8,13,15H,9-12,14H2,1H3,(H,25,30). The van der Waals surface area contributed by atoms with Crippen molar-refractivity contribution in [2.75, 3.05) is 31.2 Å². The van der Waals surface area contributed by atoms with E-state index in [2.05, 4.69) is 20.4 Å². The second-order valence-electron chi connectivity index (χ2n) is 7.30. The fourth-order valence-corrected chi connectivity index (χ4v) is 4.31. The minimum absolute atomic E-state index is 0.133. The van der Waals surface area contributed by atoms with Crippen LogP contribution >= 0.6 is 23.4 Å². The van der Waals surface area contributed by atoms with Gasteiger partial charge in [-0.2, -0.15) is 0 Å². The van der Waals surface area contributed by atoms with Crippen LogP contribution < -0.4 is 10.2 Å². The highest BCUT2D eigenvalue weighted by molar-refractivity contribution is 8.00. The van der Waals surface area contributed by atoms with Crippen molar-refractivity contribution in [3.8, 4) is 5.69 Å². The third kappa shape index (κ3) is 5.40. The van der Waals surface area contributed by atoms with Crippen LogP contribution in [0.15, 0.2) is 53.7 Å². The van der Waals surface area contributed by atoms with E-state index in [1.165, 1.54) is 23.9 Å². The Labute approximate surface area is 194 Å². The Hall–Kier alpha value is -2.62. The molecule has 1 aliphatic rings. The molecular formula is C22H23ClFN5O2S. The van der Waals surface area contributed by atoms with Crippen LogP contribution in [0, 0.1) is 5.82 Å². The van der Waals surface area contributed by atoms with E-state index in [1.807, 2.05) is 12.1 Å². The fourth-order valence-electron chi connectivity index (χ4n) is 3.29. The monoisotopic (exact) mass is 475 g/mol. The van der Waals surface area contributed by atoms with Gasteiger partial charge >= 0.3 is 0 Å². The number of halogens is 2. The van der Waals surface area contributed by atoms with Crippen LogP contribution in [0.5, 0.6) is 0 Å². The lowest BCUT2D eigenvalue weighted by molar-refractivity contribution is -0.120. The number of benzene rings is 2. The molecule has 0 saturated carbocycles. The van der Waals surface area contributed by atoms with E-state index in [0.29, 0.717) is 54.7 Å². The van der Waals surface area contributed by atoms with Crippen LogP contribution in [0.3, 0.4) is 0 Å². The molecule has 32 heavy (non-hydrogen) atoms. The number of hydrogen-bond donors (Lipinski definition) is 1. The highest BCUT2D eigenvalue weighted by Gasteiger charge is 2.25. The topological polar surface area (TPSA) is 72.3 Å². The summed E-state index contributed by atoms with van der Waals surface area (Å²) < 4.78 is 21.2. The highest BCUT2D eigenvalue weighted by atomic mass is 35.5. The van der Waals surface area contributed by atoms with Gasteiger partial charge in [-0.3, -0.25) is 9.36 Å². The molecule has 7 nitrogen and oxygen atoms in total. The Morgan fingerprint density at radius 3 is 2.69 bits per heavy atom. The molecule has 1 fully saturated rings. The largest absolute Gasteiger partial charge is 0.378 e. The number of ether oxygens (including phenoxy) is 1. The van der Waals surface area contributed by atoms with Crippen molar-refractivity contribution >= 4 is 35.2 Å². The van der Waals surface area contributed by atoms with Gasteiger partial charge in [0.2, 0.25) is 11.9 Å². The lowest BCUT2D eigenvalue weighted by atomic mass is 10.2. The van der Waals surface area contributed by atoms with Crippen LogP contribution in [0.25, 0.3) is 5.69 Å². The second-order valence-corrected chi connectivity index (χ2v) is 9.05. The molecule has 2 aromatic carbocycles. The van der Waals surface area contributed by atoms with Crippen molar-refractivity contribution in [2.24, 2.45) is 0 Å². The van der Waals surface area contributed by atoms with E-state index in [-0.39, 0.29) is 11.7 Å². The normalized spacial score (nSPS) is 14.9. The number of carbonyl (C=O) groups is 1. The quantitative estimate of drug-likeness (QED) is 0.525. The number of morpholine rings is 1. The van der Waals surface area contributed by atoms with Crippen molar-refractivity contribution < 1.29 is 13.9 Å². The molecule has 1 aliphatic heterocycles. The molecule has 4 rings (SSSR count). The van der Waals surface area contributed by atoms with Gasteiger partial charge in [0, 0.05) is 24.7 Å². The number of rotatable bonds is 7. The van der Waals surface area contributed by atoms with E-state index in [0.717, 1.165) is 5.56 Å². The number of hydrogen-bond acceptors (Lipinski definition) is 6. The van der Waals surface area contributed by atoms with Crippen molar-refractivity contribution in [3.05, 3.63) is 64.9 Å². The molecule has 168 valence electrons. The SMILES string of the molecule is CC(Sc1nnc(N2CCOCC2)n1-c1cccc(F)c1)C(=O)NCc1ccc(Cl)cc1. The summed E-state index contributed by atoms with van der Waals surface area (Å²) in [5, 5.41) is 12.3. The van der Waals surface area contributed by atoms with Crippen LogP contribution in [0.1, 0.15) is 12.5 Å². The molecule has 0 spiro atoms. The number of nitrogens with zero attached hydrogens (tertiary/aromatic N) is 4. The minimum Gasteiger partial charge on any atom is -0.378 e. The molecule has 3 aromatic rings. The molecule has 1 saturated heterocycles. The lowest BCUT2D eigenvalue weighted by Crippen LogP contribution is -2.38. The Morgan fingerprint density at radius 1 is 1.22 bits per heavy atom. The maximum absolute atomic E-state index is 14.0. The molecule has 1 aromatic heterocycles. The van der Waals surface area contributed by atoms with Crippen molar-refractivity contribution in [1.29, 1.82) is 0 Å². The summed E-state index contributed by atoms with van der Waals surface area (Å²) in [6, 6.07) is 13.6.